The second kappa shape index (κ2) is 7.85. The number of likely N-dealkylation sites (N-methyl/N-ethyl adjacent to an activating group) is 1. The van der Waals surface area contributed by atoms with Gasteiger partial charge in [0.2, 0.25) is 5.91 Å². The molecule has 2 heterocycles. The summed E-state index contributed by atoms with van der Waals surface area (Å²) in [5.41, 5.74) is 1.20. The molecule has 0 aromatic heterocycles. The Labute approximate surface area is 144 Å². The third kappa shape index (κ3) is 4.19. The number of amides is 1. The van der Waals surface area contributed by atoms with Crippen molar-refractivity contribution in [2.45, 2.75) is 0 Å². The number of carbonyl (C=O) groups excluding carboxylic acids is 1. The lowest BCUT2D eigenvalue weighted by atomic mass is 10.2. The summed E-state index contributed by atoms with van der Waals surface area (Å²) in [6.07, 6.45) is 0. The molecule has 24 heavy (non-hydrogen) atoms. The molecule has 0 N–H and O–H groups in total. The Morgan fingerprint density at radius 3 is 2.17 bits per heavy atom. The van der Waals surface area contributed by atoms with E-state index in [2.05, 4.69) is 33.9 Å². The topological polar surface area (TPSA) is 39.3 Å². The highest BCUT2D eigenvalue weighted by atomic mass is 16.5. The van der Waals surface area contributed by atoms with E-state index >= 15 is 0 Å². The summed E-state index contributed by atoms with van der Waals surface area (Å²) < 4.78 is 5.20. The second-order valence-corrected chi connectivity index (χ2v) is 6.65. The molecule has 0 saturated carbocycles. The number of anilines is 1. The van der Waals surface area contributed by atoms with Crippen molar-refractivity contribution in [3.05, 3.63) is 24.3 Å². The number of nitrogens with zero attached hydrogens (tertiary/aromatic N) is 4. The smallest absolute Gasteiger partial charge is 0.236 e. The van der Waals surface area contributed by atoms with Crippen LogP contribution in [0.3, 0.4) is 0 Å². The van der Waals surface area contributed by atoms with Crippen LogP contribution >= 0.6 is 0 Å². The van der Waals surface area contributed by atoms with E-state index < -0.39 is 0 Å². The van der Waals surface area contributed by atoms with E-state index in [1.807, 2.05) is 17.0 Å². The zero-order chi connectivity index (χ0) is 16.9. The van der Waals surface area contributed by atoms with Crippen molar-refractivity contribution in [2.24, 2.45) is 0 Å². The van der Waals surface area contributed by atoms with Gasteiger partial charge in [0.25, 0.3) is 0 Å². The zero-order valence-electron chi connectivity index (χ0n) is 14.8. The van der Waals surface area contributed by atoms with Gasteiger partial charge >= 0.3 is 0 Å². The molecule has 0 radical (unpaired) electrons. The molecular weight excluding hydrogens is 304 g/mol. The molecule has 2 aliphatic heterocycles. The SMILES string of the molecule is COc1ccc(N2CCN(C(=O)CN3CCN(C)CC3)CC2)cc1. The number of methoxy groups -OCH3 is 1. The third-order valence-electron chi connectivity index (χ3n) is 5.02. The van der Waals surface area contributed by atoms with Gasteiger partial charge in [0.1, 0.15) is 5.75 Å². The largest absolute Gasteiger partial charge is 0.497 e. The Kier molecular flexibility index (Phi) is 5.58. The highest BCUT2D eigenvalue weighted by Gasteiger charge is 2.24. The van der Waals surface area contributed by atoms with Gasteiger partial charge in [-0.2, -0.15) is 0 Å². The summed E-state index contributed by atoms with van der Waals surface area (Å²) in [6, 6.07) is 8.14. The molecule has 6 nitrogen and oxygen atoms in total. The summed E-state index contributed by atoms with van der Waals surface area (Å²) >= 11 is 0. The van der Waals surface area contributed by atoms with Gasteiger partial charge < -0.3 is 19.4 Å². The van der Waals surface area contributed by atoms with Crippen molar-refractivity contribution in [1.82, 2.24) is 14.7 Å². The van der Waals surface area contributed by atoms with Crippen LogP contribution in [0.2, 0.25) is 0 Å². The van der Waals surface area contributed by atoms with E-state index in [0.717, 1.165) is 58.1 Å². The summed E-state index contributed by atoms with van der Waals surface area (Å²) in [5.74, 6) is 1.15. The molecule has 1 amide bonds. The first-order valence-electron chi connectivity index (χ1n) is 8.73. The van der Waals surface area contributed by atoms with Gasteiger partial charge in [0.05, 0.1) is 13.7 Å². The first-order chi connectivity index (χ1) is 11.7. The van der Waals surface area contributed by atoms with E-state index in [4.69, 9.17) is 4.74 Å². The first kappa shape index (κ1) is 17.0. The molecule has 1 aromatic rings. The molecule has 0 atom stereocenters. The molecule has 6 heteroatoms. The van der Waals surface area contributed by atoms with Crippen molar-refractivity contribution < 1.29 is 9.53 Å². The van der Waals surface area contributed by atoms with Gasteiger partial charge in [0.15, 0.2) is 0 Å². The van der Waals surface area contributed by atoms with Crippen LogP contribution in [0, 0.1) is 0 Å². The van der Waals surface area contributed by atoms with Crippen LogP contribution in [0.1, 0.15) is 0 Å². The van der Waals surface area contributed by atoms with Gasteiger partial charge in [-0.25, -0.2) is 0 Å². The maximum Gasteiger partial charge on any atom is 0.236 e. The van der Waals surface area contributed by atoms with Gasteiger partial charge in [-0.15, -0.1) is 0 Å². The van der Waals surface area contributed by atoms with Crippen molar-refractivity contribution >= 4 is 11.6 Å². The molecular formula is C18H28N4O2. The van der Waals surface area contributed by atoms with Crippen LogP contribution in [-0.2, 0) is 4.79 Å². The molecule has 0 aliphatic carbocycles. The average molecular weight is 332 g/mol. The fourth-order valence-electron chi connectivity index (χ4n) is 3.30. The van der Waals surface area contributed by atoms with E-state index in [9.17, 15) is 4.79 Å². The van der Waals surface area contributed by atoms with Gasteiger partial charge in [-0.1, -0.05) is 0 Å². The van der Waals surface area contributed by atoms with Crippen LogP contribution in [0.15, 0.2) is 24.3 Å². The maximum atomic E-state index is 12.5. The minimum absolute atomic E-state index is 0.272. The number of hydrogen-bond donors (Lipinski definition) is 0. The molecule has 2 saturated heterocycles. The van der Waals surface area contributed by atoms with Crippen LogP contribution in [0.25, 0.3) is 0 Å². The van der Waals surface area contributed by atoms with Crippen LogP contribution in [-0.4, -0.2) is 93.7 Å². The van der Waals surface area contributed by atoms with Crippen molar-refractivity contribution in [1.29, 1.82) is 0 Å². The molecule has 2 fully saturated rings. The maximum absolute atomic E-state index is 12.5. The highest BCUT2D eigenvalue weighted by Crippen LogP contribution is 2.20. The predicted molar refractivity (Wildman–Crippen MR) is 95.7 cm³/mol. The summed E-state index contributed by atoms with van der Waals surface area (Å²) in [6.45, 7) is 8.05. The first-order valence-corrected chi connectivity index (χ1v) is 8.73. The number of hydrogen-bond acceptors (Lipinski definition) is 5. The molecule has 0 bridgehead atoms. The van der Waals surface area contributed by atoms with Crippen molar-refractivity contribution in [3.8, 4) is 5.75 Å². The van der Waals surface area contributed by atoms with E-state index in [0.29, 0.717) is 6.54 Å². The minimum atomic E-state index is 0.272. The number of rotatable bonds is 4. The van der Waals surface area contributed by atoms with E-state index in [1.54, 1.807) is 7.11 Å². The lowest BCUT2D eigenvalue weighted by Crippen LogP contribution is -2.53. The van der Waals surface area contributed by atoms with E-state index in [-0.39, 0.29) is 5.91 Å². The Hall–Kier alpha value is -1.79. The van der Waals surface area contributed by atoms with Gasteiger partial charge in [-0.3, -0.25) is 9.69 Å². The van der Waals surface area contributed by atoms with Crippen LogP contribution in [0.4, 0.5) is 5.69 Å². The van der Waals surface area contributed by atoms with Crippen LogP contribution < -0.4 is 9.64 Å². The lowest BCUT2D eigenvalue weighted by Gasteiger charge is -2.38. The van der Waals surface area contributed by atoms with Gasteiger partial charge in [0, 0.05) is 58.0 Å². The molecule has 132 valence electrons. The number of piperazine rings is 2. The lowest BCUT2D eigenvalue weighted by molar-refractivity contribution is -0.133. The molecule has 1 aromatic carbocycles. The second-order valence-electron chi connectivity index (χ2n) is 6.65. The summed E-state index contributed by atoms with van der Waals surface area (Å²) in [4.78, 5) is 21.4. The Morgan fingerprint density at radius 2 is 1.58 bits per heavy atom. The fourth-order valence-corrected chi connectivity index (χ4v) is 3.30. The Morgan fingerprint density at radius 1 is 0.958 bits per heavy atom. The monoisotopic (exact) mass is 332 g/mol. The van der Waals surface area contributed by atoms with Crippen molar-refractivity contribution in [2.75, 3.05) is 78.0 Å². The summed E-state index contributed by atoms with van der Waals surface area (Å²) in [7, 11) is 3.82. The van der Waals surface area contributed by atoms with Crippen molar-refractivity contribution in [3.63, 3.8) is 0 Å². The normalized spacial score (nSPS) is 20.2. The zero-order valence-corrected chi connectivity index (χ0v) is 14.8. The third-order valence-corrected chi connectivity index (χ3v) is 5.02. The quantitative estimate of drug-likeness (QED) is 0.807. The minimum Gasteiger partial charge on any atom is -0.497 e. The molecule has 0 spiro atoms. The fraction of sp³-hybridized carbons (Fsp3) is 0.611. The Bertz CT molecular complexity index is 532. The number of benzene rings is 1. The average Bonchev–Trinajstić information content (AvgIpc) is 2.64. The number of ether oxygens (including phenoxy) is 1. The van der Waals surface area contributed by atoms with E-state index in [1.165, 1.54) is 5.69 Å². The highest BCUT2D eigenvalue weighted by molar-refractivity contribution is 5.78. The predicted octanol–water partition coefficient (Wildman–Crippen LogP) is 0.591. The summed E-state index contributed by atoms with van der Waals surface area (Å²) in [5, 5.41) is 0. The Balaban J connectivity index is 1.46. The van der Waals surface area contributed by atoms with Gasteiger partial charge in [-0.05, 0) is 31.3 Å². The number of carbonyl (C=O) groups is 1. The molecule has 3 rings (SSSR count). The molecule has 2 aliphatic rings. The molecule has 0 unspecified atom stereocenters. The standard InChI is InChI=1S/C18H28N4O2/c1-19-7-9-20(10-8-19)15-18(23)22-13-11-21(12-14-22)16-3-5-17(24-2)6-4-16/h3-6H,7-15H2,1-2H3. The van der Waals surface area contributed by atoms with Crippen LogP contribution in [0.5, 0.6) is 5.75 Å².